The summed E-state index contributed by atoms with van der Waals surface area (Å²) in [6.07, 6.45) is 1.04. The lowest BCUT2D eigenvalue weighted by Gasteiger charge is -2.21. The number of hydrogen-bond acceptors (Lipinski definition) is 3. The Labute approximate surface area is 141 Å². The SMILES string of the molecule is Cc1ccc(N2CCC(Nc3ccc(C(N)=O)cc3)C2)c(Cl)c1. The van der Waals surface area contributed by atoms with Gasteiger partial charge in [-0.1, -0.05) is 17.7 Å². The van der Waals surface area contributed by atoms with E-state index in [0.29, 0.717) is 11.6 Å². The first kappa shape index (κ1) is 15.7. The summed E-state index contributed by atoms with van der Waals surface area (Å²) in [4.78, 5) is 13.4. The van der Waals surface area contributed by atoms with Crippen molar-refractivity contribution in [3.63, 3.8) is 0 Å². The molecule has 1 amide bonds. The minimum atomic E-state index is -0.405. The van der Waals surface area contributed by atoms with Gasteiger partial charge < -0.3 is 16.0 Å². The van der Waals surface area contributed by atoms with E-state index in [9.17, 15) is 4.79 Å². The van der Waals surface area contributed by atoms with Gasteiger partial charge in [0.1, 0.15) is 0 Å². The molecule has 2 aromatic carbocycles. The van der Waals surface area contributed by atoms with Gasteiger partial charge in [-0.25, -0.2) is 0 Å². The Hall–Kier alpha value is -2.20. The van der Waals surface area contributed by atoms with Gasteiger partial charge in [0.05, 0.1) is 10.7 Å². The van der Waals surface area contributed by atoms with E-state index in [-0.39, 0.29) is 0 Å². The molecule has 1 atom stereocenters. The predicted molar refractivity (Wildman–Crippen MR) is 95.4 cm³/mol. The van der Waals surface area contributed by atoms with Crippen LogP contribution in [0.5, 0.6) is 0 Å². The molecule has 0 spiro atoms. The molecule has 0 aliphatic carbocycles. The molecule has 0 bridgehead atoms. The molecular formula is C18H20ClN3O. The number of amides is 1. The van der Waals surface area contributed by atoms with Gasteiger partial charge in [0, 0.05) is 30.4 Å². The highest BCUT2D eigenvalue weighted by Gasteiger charge is 2.23. The van der Waals surface area contributed by atoms with E-state index in [1.807, 2.05) is 25.1 Å². The fourth-order valence-corrected chi connectivity index (χ4v) is 3.29. The third-order valence-electron chi connectivity index (χ3n) is 4.17. The standard InChI is InChI=1S/C18H20ClN3O/c1-12-2-7-17(16(19)10-12)22-9-8-15(11-22)21-14-5-3-13(4-6-14)18(20)23/h2-7,10,15,21H,8-9,11H2,1H3,(H2,20,23). The number of carbonyl (C=O) groups excluding carboxylic acids is 1. The van der Waals surface area contributed by atoms with E-state index in [1.165, 1.54) is 5.56 Å². The summed E-state index contributed by atoms with van der Waals surface area (Å²) in [5.41, 5.74) is 9.03. The summed E-state index contributed by atoms with van der Waals surface area (Å²) in [5, 5.41) is 4.30. The van der Waals surface area contributed by atoms with E-state index in [2.05, 4.69) is 22.3 Å². The zero-order valence-electron chi connectivity index (χ0n) is 13.1. The smallest absolute Gasteiger partial charge is 0.248 e. The van der Waals surface area contributed by atoms with Crippen LogP contribution in [0.1, 0.15) is 22.3 Å². The summed E-state index contributed by atoms with van der Waals surface area (Å²) >= 11 is 6.36. The van der Waals surface area contributed by atoms with Crippen molar-refractivity contribution in [3.05, 3.63) is 58.6 Å². The first-order valence-corrected chi connectivity index (χ1v) is 8.08. The van der Waals surface area contributed by atoms with Crippen LogP contribution in [0.15, 0.2) is 42.5 Å². The van der Waals surface area contributed by atoms with Crippen LogP contribution >= 0.6 is 11.6 Å². The second-order valence-corrected chi connectivity index (χ2v) is 6.38. The maximum atomic E-state index is 11.1. The van der Waals surface area contributed by atoms with Crippen molar-refractivity contribution in [3.8, 4) is 0 Å². The van der Waals surface area contributed by atoms with Gasteiger partial charge in [-0.2, -0.15) is 0 Å². The summed E-state index contributed by atoms with van der Waals surface area (Å²) < 4.78 is 0. The van der Waals surface area contributed by atoms with Crippen LogP contribution in [0.3, 0.4) is 0 Å². The molecule has 1 unspecified atom stereocenters. The zero-order chi connectivity index (χ0) is 16.4. The molecule has 23 heavy (non-hydrogen) atoms. The average molecular weight is 330 g/mol. The van der Waals surface area contributed by atoms with Crippen molar-refractivity contribution in [2.24, 2.45) is 5.73 Å². The van der Waals surface area contributed by atoms with Gasteiger partial charge in [0.2, 0.25) is 5.91 Å². The third-order valence-corrected chi connectivity index (χ3v) is 4.48. The molecule has 0 aromatic heterocycles. The van der Waals surface area contributed by atoms with Crippen LogP contribution in [0.2, 0.25) is 5.02 Å². The van der Waals surface area contributed by atoms with Crippen LogP contribution < -0.4 is 16.0 Å². The molecule has 2 aromatic rings. The van der Waals surface area contributed by atoms with E-state index < -0.39 is 5.91 Å². The Balaban J connectivity index is 1.64. The number of nitrogens with two attached hydrogens (primary N) is 1. The number of halogens is 1. The molecular weight excluding hydrogens is 310 g/mol. The van der Waals surface area contributed by atoms with Gasteiger partial charge >= 0.3 is 0 Å². The van der Waals surface area contributed by atoms with E-state index in [1.54, 1.807) is 12.1 Å². The largest absolute Gasteiger partial charge is 0.380 e. The van der Waals surface area contributed by atoms with Crippen LogP contribution in [0.25, 0.3) is 0 Å². The lowest BCUT2D eigenvalue weighted by Crippen LogP contribution is -2.26. The van der Waals surface area contributed by atoms with Gasteiger partial charge in [-0.3, -0.25) is 4.79 Å². The minimum absolute atomic E-state index is 0.354. The summed E-state index contributed by atoms with van der Waals surface area (Å²) in [7, 11) is 0. The predicted octanol–water partition coefficient (Wildman–Crippen LogP) is 3.44. The van der Waals surface area contributed by atoms with Gasteiger partial charge in [0.15, 0.2) is 0 Å². The van der Waals surface area contributed by atoms with Crippen LogP contribution in [-0.2, 0) is 0 Å². The second kappa shape index (κ2) is 6.50. The number of nitrogens with zero attached hydrogens (tertiary/aromatic N) is 1. The van der Waals surface area contributed by atoms with Crippen molar-refractivity contribution in [2.45, 2.75) is 19.4 Å². The first-order chi connectivity index (χ1) is 11.0. The number of aryl methyl sites for hydroxylation is 1. The number of carbonyl (C=O) groups is 1. The summed E-state index contributed by atoms with van der Waals surface area (Å²) in [5.74, 6) is -0.405. The molecule has 1 aliphatic rings. The fourth-order valence-electron chi connectivity index (χ4n) is 2.93. The highest BCUT2D eigenvalue weighted by Crippen LogP contribution is 2.30. The first-order valence-electron chi connectivity index (χ1n) is 7.70. The highest BCUT2D eigenvalue weighted by atomic mass is 35.5. The van der Waals surface area contributed by atoms with Gasteiger partial charge in [0.25, 0.3) is 0 Å². The monoisotopic (exact) mass is 329 g/mol. The summed E-state index contributed by atoms with van der Waals surface area (Å²) in [6.45, 7) is 3.92. The minimum Gasteiger partial charge on any atom is -0.380 e. The molecule has 1 saturated heterocycles. The number of anilines is 2. The van der Waals surface area contributed by atoms with Crippen molar-refractivity contribution in [1.82, 2.24) is 0 Å². The number of hydrogen-bond donors (Lipinski definition) is 2. The molecule has 1 heterocycles. The quantitative estimate of drug-likeness (QED) is 0.903. The molecule has 5 heteroatoms. The topological polar surface area (TPSA) is 58.4 Å². The van der Waals surface area contributed by atoms with E-state index in [0.717, 1.165) is 35.9 Å². The van der Waals surface area contributed by atoms with Crippen molar-refractivity contribution in [1.29, 1.82) is 0 Å². The maximum absolute atomic E-state index is 11.1. The molecule has 3 rings (SSSR count). The molecule has 4 nitrogen and oxygen atoms in total. The lowest BCUT2D eigenvalue weighted by atomic mass is 10.2. The van der Waals surface area contributed by atoms with Crippen LogP contribution in [0.4, 0.5) is 11.4 Å². The van der Waals surface area contributed by atoms with Crippen molar-refractivity contribution < 1.29 is 4.79 Å². The molecule has 1 aliphatic heterocycles. The normalized spacial score (nSPS) is 17.3. The highest BCUT2D eigenvalue weighted by molar-refractivity contribution is 6.33. The molecule has 0 radical (unpaired) electrons. The Kier molecular flexibility index (Phi) is 4.44. The Morgan fingerprint density at radius 2 is 2.00 bits per heavy atom. The third kappa shape index (κ3) is 3.59. The van der Waals surface area contributed by atoms with Gasteiger partial charge in [-0.15, -0.1) is 0 Å². The molecule has 120 valence electrons. The number of primary amides is 1. The zero-order valence-corrected chi connectivity index (χ0v) is 13.8. The fraction of sp³-hybridized carbons (Fsp3) is 0.278. The van der Waals surface area contributed by atoms with E-state index in [4.69, 9.17) is 17.3 Å². The summed E-state index contributed by atoms with van der Waals surface area (Å²) in [6, 6.07) is 13.8. The second-order valence-electron chi connectivity index (χ2n) is 5.97. The van der Waals surface area contributed by atoms with Gasteiger partial charge in [-0.05, 0) is 55.3 Å². The maximum Gasteiger partial charge on any atom is 0.248 e. The Morgan fingerprint density at radius 3 is 2.65 bits per heavy atom. The molecule has 1 fully saturated rings. The van der Waals surface area contributed by atoms with Crippen LogP contribution in [-0.4, -0.2) is 25.0 Å². The molecule has 0 saturated carbocycles. The Bertz CT molecular complexity index is 715. The van der Waals surface area contributed by atoms with Crippen molar-refractivity contribution in [2.75, 3.05) is 23.3 Å². The number of nitrogens with one attached hydrogen (secondary N) is 1. The number of benzene rings is 2. The van der Waals surface area contributed by atoms with Crippen molar-refractivity contribution >= 4 is 28.9 Å². The lowest BCUT2D eigenvalue weighted by molar-refractivity contribution is 0.100. The average Bonchev–Trinajstić information content (AvgIpc) is 2.96. The molecule has 3 N–H and O–H groups in total. The Morgan fingerprint density at radius 1 is 1.26 bits per heavy atom. The van der Waals surface area contributed by atoms with E-state index >= 15 is 0 Å². The number of rotatable bonds is 4. The van der Waals surface area contributed by atoms with Crippen LogP contribution in [0, 0.1) is 6.92 Å².